The molecule has 2 atom stereocenters. The monoisotopic (exact) mass is 346 g/mol. The lowest BCUT2D eigenvalue weighted by Crippen LogP contribution is -2.44. The molecule has 0 bridgehead atoms. The molecule has 136 valence electrons. The maximum absolute atomic E-state index is 12.9. The maximum Gasteiger partial charge on any atom is 0.230 e. The van der Waals surface area contributed by atoms with E-state index in [1.54, 1.807) is 0 Å². The molecular weight excluding hydrogens is 320 g/mol. The van der Waals surface area contributed by atoms with Gasteiger partial charge in [0.2, 0.25) is 5.91 Å². The van der Waals surface area contributed by atoms with Crippen LogP contribution in [0.25, 0.3) is 0 Å². The molecule has 1 N–H and O–H groups in total. The zero-order chi connectivity index (χ0) is 18.0. The first kappa shape index (κ1) is 17.7. The Balaban J connectivity index is 1.69. The first-order valence-corrected chi connectivity index (χ1v) is 8.88. The minimum Gasteiger partial charge on any atom is -0.466 e. The fourth-order valence-corrected chi connectivity index (χ4v) is 3.30. The van der Waals surface area contributed by atoms with Crippen LogP contribution in [0.2, 0.25) is 0 Å². The molecule has 1 saturated heterocycles. The van der Waals surface area contributed by atoms with Gasteiger partial charge in [-0.2, -0.15) is 5.10 Å². The smallest absolute Gasteiger partial charge is 0.230 e. The molecule has 1 fully saturated rings. The number of rotatable bonds is 5. The Morgan fingerprint density at radius 2 is 2.28 bits per heavy atom. The number of morpholine rings is 1. The van der Waals surface area contributed by atoms with E-state index in [9.17, 15) is 4.79 Å². The highest BCUT2D eigenvalue weighted by Gasteiger charge is 2.31. The van der Waals surface area contributed by atoms with E-state index >= 15 is 0 Å². The van der Waals surface area contributed by atoms with Crippen LogP contribution in [0.4, 0.5) is 0 Å². The van der Waals surface area contributed by atoms with E-state index in [4.69, 9.17) is 9.15 Å². The molecule has 7 heteroatoms. The lowest BCUT2D eigenvalue weighted by atomic mass is 9.99. The summed E-state index contributed by atoms with van der Waals surface area (Å²) in [6, 6.07) is 1.95. The summed E-state index contributed by atoms with van der Waals surface area (Å²) >= 11 is 0. The Morgan fingerprint density at radius 3 is 2.96 bits per heavy atom. The first-order valence-electron chi connectivity index (χ1n) is 8.88. The van der Waals surface area contributed by atoms with Crippen LogP contribution in [0.1, 0.15) is 61.0 Å². The van der Waals surface area contributed by atoms with Gasteiger partial charge in [0.15, 0.2) is 5.82 Å². The van der Waals surface area contributed by atoms with Crippen molar-refractivity contribution >= 4 is 5.91 Å². The van der Waals surface area contributed by atoms with Crippen molar-refractivity contribution in [3.8, 4) is 0 Å². The molecule has 25 heavy (non-hydrogen) atoms. The lowest BCUT2D eigenvalue weighted by Gasteiger charge is -2.33. The van der Waals surface area contributed by atoms with E-state index in [0.29, 0.717) is 25.5 Å². The highest BCUT2D eigenvalue weighted by atomic mass is 16.5. The van der Waals surface area contributed by atoms with Gasteiger partial charge in [0, 0.05) is 18.5 Å². The van der Waals surface area contributed by atoms with E-state index in [0.717, 1.165) is 35.7 Å². The van der Waals surface area contributed by atoms with Gasteiger partial charge in [0.1, 0.15) is 23.4 Å². The molecule has 3 rings (SSSR count). The van der Waals surface area contributed by atoms with Crippen molar-refractivity contribution in [2.45, 2.75) is 52.6 Å². The molecule has 1 aliphatic heterocycles. The number of carbonyl (C=O) groups excluding carboxylic acids is 1. The number of aromatic amines is 1. The van der Waals surface area contributed by atoms with Crippen LogP contribution in [0, 0.1) is 13.8 Å². The number of nitrogens with zero attached hydrogens (tertiary/aromatic N) is 3. The predicted molar refractivity (Wildman–Crippen MR) is 92.2 cm³/mol. The predicted octanol–water partition coefficient (Wildman–Crippen LogP) is 2.67. The van der Waals surface area contributed by atoms with Crippen molar-refractivity contribution < 1.29 is 13.9 Å². The second-order valence-electron chi connectivity index (χ2n) is 6.62. The topological polar surface area (TPSA) is 84.2 Å². The number of H-pyrrole nitrogens is 1. The van der Waals surface area contributed by atoms with Crippen molar-refractivity contribution in [2.24, 2.45) is 0 Å². The van der Waals surface area contributed by atoms with Crippen LogP contribution in [0.15, 0.2) is 10.5 Å². The molecule has 0 saturated carbocycles. The normalized spacial score (nSPS) is 19.2. The Labute approximate surface area is 147 Å². The molecule has 0 spiro atoms. The van der Waals surface area contributed by atoms with Gasteiger partial charge < -0.3 is 14.1 Å². The molecule has 1 amide bonds. The molecular formula is C18H26N4O3. The third kappa shape index (κ3) is 3.76. The van der Waals surface area contributed by atoms with E-state index in [1.807, 2.05) is 31.7 Å². The van der Waals surface area contributed by atoms with Gasteiger partial charge in [-0.15, -0.1) is 0 Å². The fraction of sp³-hybridized carbons (Fsp3) is 0.611. The Hall–Kier alpha value is -2.15. The van der Waals surface area contributed by atoms with E-state index in [1.165, 1.54) is 0 Å². The molecule has 3 heterocycles. The van der Waals surface area contributed by atoms with Crippen LogP contribution in [-0.2, 0) is 16.0 Å². The maximum atomic E-state index is 12.9. The van der Waals surface area contributed by atoms with E-state index in [2.05, 4.69) is 22.1 Å². The average molecular weight is 346 g/mol. The van der Waals surface area contributed by atoms with E-state index < -0.39 is 0 Å². The van der Waals surface area contributed by atoms with Crippen LogP contribution in [-0.4, -0.2) is 45.7 Å². The SMILES string of the molecule is CCCc1nc([C@H]2CN(C(=O)[C@@H](C)c3cc(C)oc3C)CCO2)n[nH]1. The van der Waals surface area contributed by atoms with Gasteiger partial charge in [-0.25, -0.2) is 4.98 Å². The zero-order valence-electron chi connectivity index (χ0n) is 15.3. The quantitative estimate of drug-likeness (QED) is 0.900. The minimum atomic E-state index is -0.279. The number of nitrogens with one attached hydrogen (secondary N) is 1. The lowest BCUT2D eigenvalue weighted by molar-refractivity contribution is -0.140. The molecule has 2 aromatic rings. The second-order valence-corrected chi connectivity index (χ2v) is 6.62. The van der Waals surface area contributed by atoms with Gasteiger partial charge >= 0.3 is 0 Å². The van der Waals surface area contributed by atoms with Crippen LogP contribution in [0.3, 0.4) is 0 Å². The number of furan rings is 1. The summed E-state index contributed by atoms with van der Waals surface area (Å²) in [4.78, 5) is 19.3. The fourth-order valence-electron chi connectivity index (χ4n) is 3.30. The number of aryl methyl sites for hydroxylation is 3. The molecule has 0 aromatic carbocycles. The number of ether oxygens (including phenoxy) is 1. The molecule has 2 aromatic heterocycles. The number of amides is 1. The summed E-state index contributed by atoms with van der Waals surface area (Å²) in [5.41, 5.74) is 0.952. The number of hydrogen-bond donors (Lipinski definition) is 1. The van der Waals surface area contributed by atoms with Gasteiger partial charge in [-0.05, 0) is 33.3 Å². The Morgan fingerprint density at radius 1 is 1.48 bits per heavy atom. The van der Waals surface area contributed by atoms with Gasteiger partial charge in [-0.1, -0.05) is 6.92 Å². The average Bonchev–Trinajstić information content (AvgIpc) is 3.20. The second kappa shape index (κ2) is 7.39. The first-order chi connectivity index (χ1) is 12.0. The van der Waals surface area contributed by atoms with Crippen LogP contribution in [0.5, 0.6) is 0 Å². The summed E-state index contributed by atoms with van der Waals surface area (Å²) in [6.07, 6.45) is 1.59. The largest absolute Gasteiger partial charge is 0.466 e. The highest BCUT2D eigenvalue weighted by Crippen LogP contribution is 2.27. The minimum absolute atomic E-state index is 0.0847. The zero-order valence-corrected chi connectivity index (χ0v) is 15.3. The molecule has 0 radical (unpaired) electrons. The summed E-state index contributed by atoms with van der Waals surface area (Å²) in [7, 11) is 0. The molecule has 7 nitrogen and oxygen atoms in total. The van der Waals surface area contributed by atoms with Gasteiger partial charge in [0.25, 0.3) is 0 Å². The summed E-state index contributed by atoms with van der Waals surface area (Å²) in [5, 5.41) is 7.21. The molecule has 0 unspecified atom stereocenters. The van der Waals surface area contributed by atoms with Crippen molar-refractivity contribution in [3.63, 3.8) is 0 Å². The van der Waals surface area contributed by atoms with Crippen molar-refractivity contribution in [1.82, 2.24) is 20.1 Å². The van der Waals surface area contributed by atoms with Crippen LogP contribution < -0.4 is 0 Å². The van der Waals surface area contributed by atoms with Gasteiger partial charge in [0.05, 0.1) is 19.1 Å². The number of carbonyl (C=O) groups is 1. The van der Waals surface area contributed by atoms with Crippen LogP contribution >= 0.6 is 0 Å². The third-order valence-corrected chi connectivity index (χ3v) is 4.62. The Bertz CT molecular complexity index is 737. The third-order valence-electron chi connectivity index (χ3n) is 4.62. The molecule has 1 aliphatic rings. The Kier molecular flexibility index (Phi) is 5.22. The molecule has 0 aliphatic carbocycles. The van der Waals surface area contributed by atoms with Crippen molar-refractivity contribution in [2.75, 3.05) is 19.7 Å². The van der Waals surface area contributed by atoms with Gasteiger partial charge in [-0.3, -0.25) is 9.89 Å². The number of aromatic nitrogens is 3. The highest BCUT2D eigenvalue weighted by molar-refractivity contribution is 5.83. The standard InChI is InChI=1S/C18H26N4O3/c1-5-6-16-19-17(21-20-16)15-10-22(7-8-24-15)18(23)12(3)14-9-11(2)25-13(14)4/h9,12,15H,5-8,10H2,1-4H3,(H,19,20,21)/t12-,15+/m0/s1. The summed E-state index contributed by atoms with van der Waals surface area (Å²) in [5.74, 6) is 2.98. The van der Waals surface area contributed by atoms with E-state index in [-0.39, 0.29) is 17.9 Å². The van der Waals surface area contributed by atoms with Crippen molar-refractivity contribution in [1.29, 1.82) is 0 Å². The number of hydrogen-bond acceptors (Lipinski definition) is 5. The summed E-state index contributed by atoms with van der Waals surface area (Å²) in [6.45, 7) is 9.37. The van der Waals surface area contributed by atoms with Crippen molar-refractivity contribution in [3.05, 3.63) is 34.8 Å². The summed E-state index contributed by atoms with van der Waals surface area (Å²) < 4.78 is 11.4.